The van der Waals surface area contributed by atoms with Gasteiger partial charge in [0.25, 0.3) is 0 Å². The molecule has 0 aliphatic heterocycles. The third-order valence-corrected chi connectivity index (χ3v) is 0. The molecule has 0 spiro atoms. The first-order chi connectivity index (χ1) is 2.00. The average Bonchev–Trinajstić information content (AvgIpc) is 0.722. The zero-order chi connectivity index (χ0) is 4.50. The Bertz CT molecular complexity index is 96.8. The van der Waals surface area contributed by atoms with Crippen molar-refractivity contribution in [2.45, 2.75) is 0 Å². The van der Waals surface area contributed by atoms with Crippen molar-refractivity contribution >= 4 is 10.4 Å². The van der Waals surface area contributed by atoms with Gasteiger partial charge >= 0.3 is 257 Å². The van der Waals surface area contributed by atoms with Crippen LogP contribution in [-0.2, 0) is 10.4 Å². The predicted molar refractivity (Wildman–Crippen MR) is 10.5 cm³/mol. The van der Waals surface area contributed by atoms with Crippen LogP contribution >= 0.6 is 0 Å². The average molecular weight is 292 g/mol. The van der Waals surface area contributed by atoms with E-state index in [1.165, 1.54) is 0 Å². The molecule has 10 heteroatoms. The summed E-state index contributed by atoms with van der Waals surface area (Å²) in [5.41, 5.74) is 0. The van der Waals surface area contributed by atoms with Crippen LogP contribution in [0.15, 0.2) is 0 Å². The molecular weight excluding hydrogens is 292 g/mol. The van der Waals surface area contributed by atoms with Crippen molar-refractivity contribution in [2.75, 3.05) is 0 Å². The van der Waals surface area contributed by atoms with E-state index >= 15 is 0 Å². The van der Waals surface area contributed by atoms with Crippen molar-refractivity contribution in [1.82, 2.24) is 0 Å². The van der Waals surface area contributed by atoms with Crippen LogP contribution in [0, 0.1) is 0 Å². The molecule has 0 aliphatic carbocycles. The number of hydrogen-bond acceptors (Lipinski definition) is 4. The van der Waals surface area contributed by atoms with Gasteiger partial charge in [0.05, 0.1) is 0 Å². The van der Waals surface area contributed by atoms with Crippen LogP contribution in [0.1, 0.15) is 0 Å². The van der Waals surface area contributed by atoms with Gasteiger partial charge in [-0.2, -0.15) is 0 Å². The Hall–Kier alpha value is 8.05. The molecule has 0 rings (SSSR count). The fourth-order valence-electron chi connectivity index (χ4n) is 0. The summed E-state index contributed by atoms with van der Waals surface area (Å²) in [7, 11) is -5.17. The minimum Gasteiger partial charge on any atom is -0.759 e. The molecule has 0 amide bonds. The van der Waals surface area contributed by atoms with E-state index in [1.807, 2.05) is 0 Å². The molecule has 0 heterocycles. The van der Waals surface area contributed by atoms with Crippen molar-refractivity contribution < 1.29 is 274 Å². The maximum absolute atomic E-state index is 8.52. The van der Waals surface area contributed by atoms with Crippen molar-refractivity contribution in [3.05, 3.63) is 0 Å². The molecule has 0 atom stereocenters. The molecule has 0 fully saturated rings. The number of rotatable bonds is 0. The molecule has 0 N–H and O–H groups in total. The quantitative estimate of drug-likeness (QED) is 0.252. The molecule has 0 aromatic rings. The van der Waals surface area contributed by atoms with Gasteiger partial charge in [-0.3, -0.25) is 8.42 Å². The molecule has 0 bridgehead atoms. The van der Waals surface area contributed by atoms with E-state index < -0.39 is 10.4 Å². The Kier molecular flexibility index (Phi) is 80.4. The minimum absolute atomic E-state index is 0. The summed E-state index contributed by atoms with van der Waals surface area (Å²) in [5, 5.41) is 0. The summed E-state index contributed by atoms with van der Waals surface area (Å²) in [5.74, 6) is 0. The van der Waals surface area contributed by atoms with E-state index in [1.54, 1.807) is 0 Å². The van der Waals surface area contributed by atoms with E-state index in [9.17, 15) is 0 Å². The molecule has 4 nitrogen and oxygen atoms in total. The van der Waals surface area contributed by atoms with Crippen LogP contribution in [0.4, 0.5) is 0 Å². The van der Waals surface area contributed by atoms with Gasteiger partial charge in [0.2, 0.25) is 0 Å². The summed E-state index contributed by atoms with van der Waals surface area (Å²) in [6.45, 7) is 0. The third kappa shape index (κ3) is 56.1. The van der Waals surface area contributed by atoms with Gasteiger partial charge in [-0.05, 0) is 0 Å². The van der Waals surface area contributed by atoms with Gasteiger partial charge in [-0.1, -0.05) is 0 Å². The molecule has 0 aromatic heterocycles. The van der Waals surface area contributed by atoms with Gasteiger partial charge in [-0.15, -0.1) is 0 Å². The summed E-state index contributed by atoms with van der Waals surface area (Å²) in [6.07, 6.45) is 0. The van der Waals surface area contributed by atoms with Gasteiger partial charge in [0.1, 0.15) is 0 Å². The van der Waals surface area contributed by atoms with Crippen LogP contribution in [0.5, 0.6) is 0 Å². The second kappa shape index (κ2) is 22.3. The molecule has 10 heavy (non-hydrogen) atoms. The largest absolute Gasteiger partial charge is 1.00 e. The molecule has 0 unspecified atom stereocenters. The Morgan fingerprint density at radius 1 is 0.700 bits per heavy atom. The SMILES string of the molecule is O=S(=O)([O-])[O-].[K+].[K+].[K+].[K+].[K+]. The summed E-state index contributed by atoms with van der Waals surface area (Å²) in [6, 6.07) is 0. The zero-order valence-electron chi connectivity index (χ0n) is 7.04. The summed E-state index contributed by atoms with van der Waals surface area (Å²) < 4.78 is 34.1. The second-order valence-corrected chi connectivity index (χ2v) is 1.22. The van der Waals surface area contributed by atoms with Crippen molar-refractivity contribution in [2.24, 2.45) is 0 Å². The van der Waals surface area contributed by atoms with Gasteiger partial charge < -0.3 is 9.11 Å². The van der Waals surface area contributed by atoms with Crippen molar-refractivity contribution in [3.8, 4) is 0 Å². The topological polar surface area (TPSA) is 80.3 Å². The van der Waals surface area contributed by atoms with Gasteiger partial charge in [-0.25, -0.2) is 0 Å². The van der Waals surface area contributed by atoms with Crippen LogP contribution in [0.2, 0.25) is 0 Å². The van der Waals surface area contributed by atoms with E-state index in [4.69, 9.17) is 17.5 Å². The van der Waals surface area contributed by atoms with Crippen molar-refractivity contribution in [1.29, 1.82) is 0 Å². The smallest absolute Gasteiger partial charge is 0.759 e. The van der Waals surface area contributed by atoms with Crippen LogP contribution in [0.25, 0.3) is 0 Å². The van der Waals surface area contributed by atoms with E-state index in [-0.39, 0.29) is 257 Å². The monoisotopic (exact) mass is 291 g/mol. The van der Waals surface area contributed by atoms with Gasteiger partial charge in [0, 0.05) is 10.4 Å². The first-order valence-electron chi connectivity index (χ1n) is 0.667. The zero-order valence-corrected chi connectivity index (χ0v) is 23.5. The summed E-state index contributed by atoms with van der Waals surface area (Å²) in [4.78, 5) is 0. The van der Waals surface area contributed by atoms with Gasteiger partial charge in [0.15, 0.2) is 0 Å². The van der Waals surface area contributed by atoms with E-state index in [0.717, 1.165) is 0 Å². The predicted octanol–water partition coefficient (Wildman–Crippen LogP) is -16.3. The first kappa shape index (κ1) is 36.1. The molecule has 32 valence electrons. The van der Waals surface area contributed by atoms with Crippen LogP contribution < -0.4 is 257 Å². The summed E-state index contributed by atoms with van der Waals surface area (Å²) >= 11 is 0. The van der Waals surface area contributed by atoms with Crippen LogP contribution in [-0.4, -0.2) is 17.5 Å². The third-order valence-electron chi connectivity index (χ3n) is 0. The maximum Gasteiger partial charge on any atom is 1.00 e. The molecular formula is K5O4S+3. The van der Waals surface area contributed by atoms with E-state index in [2.05, 4.69) is 0 Å². The maximum atomic E-state index is 8.52. The van der Waals surface area contributed by atoms with Crippen molar-refractivity contribution in [3.63, 3.8) is 0 Å². The normalized spacial score (nSPS) is 5.80. The fraction of sp³-hybridized carbons (Fsp3) is 0. The Balaban J connectivity index is -0.00000000800. The minimum atomic E-state index is -5.17. The molecule has 0 saturated carbocycles. The molecule has 0 aromatic carbocycles. The Labute approximate surface area is 274 Å². The molecule has 0 aliphatic rings. The second-order valence-electron chi connectivity index (χ2n) is 0.408. The molecule has 0 saturated heterocycles. The molecule has 0 radical (unpaired) electrons. The standard InChI is InChI=1S/5K.H2O4S/c;;;;;1-5(2,3)4/h;;;;;(H2,1,2,3,4)/q5*+1;/p-2. The van der Waals surface area contributed by atoms with E-state index in [0.29, 0.717) is 0 Å². The number of hydrogen-bond donors (Lipinski definition) is 0. The Morgan fingerprint density at radius 3 is 0.700 bits per heavy atom. The first-order valence-corrected chi connectivity index (χ1v) is 2.00. The van der Waals surface area contributed by atoms with Crippen LogP contribution in [0.3, 0.4) is 0 Å². The fourth-order valence-corrected chi connectivity index (χ4v) is 0. The Morgan fingerprint density at radius 2 is 0.700 bits per heavy atom.